The van der Waals surface area contributed by atoms with Crippen LogP contribution in [0, 0.1) is 17.6 Å². The molecule has 0 fully saturated rings. The van der Waals surface area contributed by atoms with Gasteiger partial charge in [0.2, 0.25) is 0 Å². The first-order valence-corrected chi connectivity index (χ1v) is 8.00. The molecule has 120 valence electrons. The summed E-state index contributed by atoms with van der Waals surface area (Å²) in [4.78, 5) is 1.82. The third-order valence-electron chi connectivity index (χ3n) is 3.99. The van der Waals surface area contributed by atoms with Crippen LogP contribution in [0.25, 0.3) is 0 Å². The van der Waals surface area contributed by atoms with Gasteiger partial charge < -0.3 is 10.2 Å². The number of nitrogens with zero attached hydrogens (tertiary/aromatic N) is 1. The highest BCUT2D eigenvalue weighted by Crippen LogP contribution is 2.26. The second-order valence-corrected chi connectivity index (χ2v) is 5.41. The molecule has 0 spiro atoms. The van der Waals surface area contributed by atoms with Gasteiger partial charge in [-0.15, -0.1) is 0 Å². The van der Waals surface area contributed by atoms with Gasteiger partial charge in [-0.2, -0.15) is 0 Å². The van der Waals surface area contributed by atoms with E-state index in [0.717, 1.165) is 19.4 Å². The second-order valence-electron chi connectivity index (χ2n) is 5.41. The van der Waals surface area contributed by atoms with E-state index in [1.54, 1.807) is 0 Å². The van der Waals surface area contributed by atoms with E-state index in [2.05, 4.69) is 19.2 Å². The van der Waals surface area contributed by atoms with Crippen LogP contribution in [0.2, 0.25) is 0 Å². The first-order chi connectivity index (χ1) is 10.1. The average molecular weight is 298 g/mol. The van der Waals surface area contributed by atoms with Gasteiger partial charge in [0.1, 0.15) is 17.3 Å². The number of anilines is 1. The molecule has 0 saturated heterocycles. The molecule has 0 atom stereocenters. The van der Waals surface area contributed by atoms with Crippen LogP contribution in [0.3, 0.4) is 0 Å². The van der Waals surface area contributed by atoms with Crippen LogP contribution in [0.4, 0.5) is 14.5 Å². The fourth-order valence-corrected chi connectivity index (χ4v) is 2.53. The maximum Gasteiger partial charge on any atom is 0.149 e. The summed E-state index contributed by atoms with van der Waals surface area (Å²) in [5.41, 5.74) is 0.763. The molecular weight excluding hydrogens is 270 g/mol. The van der Waals surface area contributed by atoms with Crippen molar-refractivity contribution in [2.75, 3.05) is 24.5 Å². The standard InChI is InChI=1S/C17H28F2N2/c1-5-13(6-2)12-21(8-4)17-15(18)9-14(10-16(17)19)11-20-7-3/h9-10,13,20H,5-8,11-12H2,1-4H3. The molecule has 21 heavy (non-hydrogen) atoms. The van der Waals surface area contributed by atoms with Crippen molar-refractivity contribution >= 4 is 5.69 Å². The summed E-state index contributed by atoms with van der Waals surface area (Å²) in [7, 11) is 0. The Balaban J connectivity index is 2.98. The van der Waals surface area contributed by atoms with E-state index in [0.29, 0.717) is 31.1 Å². The number of rotatable bonds is 9. The largest absolute Gasteiger partial charge is 0.367 e. The SMILES string of the molecule is CCNCc1cc(F)c(N(CC)CC(CC)CC)c(F)c1. The van der Waals surface area contributed by atoms with Crippen molar-refractivity contribution in [3.63, 3.8) is 0 Å². The van der Waals surface area contributed by atoms with E-state index in [1.165, 1.54) is 12.1 Å². The van der Waals surface area contributed by atoms with Crippen molar-refractivity contribution in [2.24, 2.45) is 5.92 Å². The van der Waals surface area contributed by atoms with Crippen LogP contribution < -0.4 is 10.2 Å². The van der Waals surface area contributed by atoms with E-state index in [-0.39, 0.29) is 5.69 Å². The van der Waals surface area contributed by atoms with Crippen LogP contribution in [-0.2, 0) is 6.54 Å². The van der Waals surface area contributed by atoms with Crippen molar-refractivity contribution in [3.05, 3.63) is 29.3 Å². The number of hydrogen-bond donors (Lipinski definition) is 1. The highest BCUT2D eigenvalue weighted by molar-refractivity contribution is 5.50. The van der Waals surface area contributed by atoms with E-state index >= 15 is 0 Å². The highest BCUT2D eigenvalue weighted by Gasteiger charge is 2.19. The Labute approximate surface area is 127 Å². The number of halogens is 2. The molecule has 1 aromatic carbocycles. The molecule has 0 saturated carbocycles. The summed E-state index contributed by atoms with van der Waals surface area (Å²) in [5.74, 6) is -0.461. The second kappa shape index (κ2) is 8.98. The van der Waals surface area contributed by atoms with E-state index in [1.807, 2.05) is 18.7 Å². The van der Waals surface area contributed by atoms with Crippen LogP contribution in [-0.4, -0.2) is 19.6 Å². The van der Waals surface area contributed by atoms with Gasteiger partial charge in [0.25, 0.3) is 0 Å². The fraction of sp³-hybridized carbons (Fsp3) is 0.647. The molecule has 0 heterocycles. The Kier molecular flexibility index (Phi) is 7.65. The molecule has 2 nitrogen and oxygen atoms in total. The molecule has 0 bridgehead atoms. The lowest BCUT2D eigenvalue weighted by Crippen LogP contribution is -2.30. The van der Waals surface area contributed by atoms with E-state index in [9.17, 15) is 8.78 Å². The topological polar surface area (TPSA) is 15.3 Å². The molecule has 0 unspecified atom stereocenters. The first kappa shape index (κ1) is 17.9. The zero-order chi connectivity index (χ0) is 15.8. The van der Waals surface area contributed by atoms with Gasteiger partial charge in [0, 0.05) is 19.6 Å². The molecule has 1 rings (SSSR count). The lowest BCUT2D eigenvalue weighted by Gasteiger charge is -2.28. The molecule has 0 aliphatic carbocycles. The number of benzene rings is 1. The normalized spacial score (nSPS) is 11.2. The van der Waals surface area contributed by atoms with E-state index < -0.39 is 11.6 Å². The molecule has 1 aromatic rings. The van der Waals surface area contributed by atoms with Crippen molar-refractivity contribution < 1.29 is 8.78 Å². The van der Waals surface area contributed by atoms with Gasteiger partial charge in [-0.3, -0.25) is 0 Å². The monoisotopic (exact) mass is 298 g/mol. The predicted octanol–water partition coefficient (Wildman–Crippen LogP) is 4.34. The molecule has 0 aromatic heterocycles. The lowest BCUT2D eigenvalue weighted by atomic mass is 10.0. The summed E-state index contributed by atoms with van der Waals surface area (Å²) in [6, 6.07) is 2.88. The average Bonchev–Trinajstić information content (AvgIpc) is 2.47. The Morgan fingerprint density at radius 1 is 1.05 bits per heavy atom. The highest BCUT2D eigenvalue weighted by atomic mass is 19.1. The molecule has 4 heteroatoms. The fourth-order valence-electron chi connectivity index (χ4n) is 2.53. The zero-order valence-corrected chi connectivity index (χ0v) is 13.7. The van der Waals surface area contributed by atoms with Gasteiger partial charge in [-0.1, -0.05) is 33.6 Å². The predicted molar refractivity (Wildman–Crippen MR) is 85.7 cm³/mol. The third-order valence-corrected chi connectivity index (χ3v) is 3.99. The summed E-state index contributed by atoms with van der Waals surface area (Å²) in [6.07, 6.45) is 2.05. The van der Waals surface area contributed by atoms with Crippen LogP contribution in [0.15, 0.2) is 12.1 Å². The summed E-state index contributed by atoms with van der Waals surface area (Å²) in [5, 5.41) is 3.09. The van der Waals surface area contributed by atoms with Crippen LogP contribution >= 0.6 is 0 Å². The lowest BCUT2D eigenvalue weighted by molar-refractivity contribution is 0.475. The summed E-state index contributed by atoms with van der Waals surface area (Å²) in [6.45, 7) is 10.7. The molecule has 0 aliphatic rings. The Hall–Kier alpha value is -1.16. The quantitative estimate of drug-likeness (QED) is 0.729. The van der Waals surface area contributed by atoms with Crippen molar-refractivity contribution in [1.29, 1.82) is 0 Å². The molecule has 1 N–H and O–H groups in total. The van der Waals surface area contributed by atoms with Crippen molar-refractivity contribution in [3.8, 4) is 0 Å². The minimum Gasteiger partial charge on any atom is -0.367 e. The van der Waals surface area contributed by atoms with Gasteiger partial charge >= 0.3 is 0 Å². The molecular formula is C17H28F2N2. The minimum absolute atomic E-state index is 0.115. The van der Waals surface area contributed by atoms with Crippen LogP contribution in [0.5, 0.6) is 0 Å². The zero-order valence-electron chi connectivity index (χ0n) is 13.7. The molecule has 0 amide bonds. The minimum atomic E-state index is -0.462. The van der Waals surface area contributed by atoms with Crippen molar-refractivity contribution in [1.82, 2.24) is 5.32 Å². The maximum atomic E-state index is 14.3. The summed E-state index contributed by atoms with van der Waals surface area (Å²) < 4.78 is 28.6. The van der Waals surface area contributed by atoms with Gasteiger partial charge in [-0.05, 0) is 37.1 Å². The van der Waals surface area contributed by atoms with E-state index in [4.69, 9.17) is 0 Å². The summed E-state index contributed by atoms with van der Waals surface area (Å²) >= 11 is 0. The number of hydrogen-bond acceptors (Lipinski definition) is 2. The smallest absolute Gasteiger partial charge is 0.149 e. The maximum absolute atomic E-state index is 14.3. The van der Waals surface area contributed by atoms with Gasteiger partial charge in [-0.25, -0.2) is 8.78 Å². The van der Waals surface area contributed by atoms with Crippen LogP contribution in [0.1, 0.15) is 46.1 Å². The Bertz CT molecular complexity index is 408. The van der Waals surface area contributed by atoms with Gasteiger partial charge in [0.15, 0.2) is 0 Å². The molecule has 0 radical (unpaired) electrons. The number of nitrogens with one attached hydrogen (secondary N) is 1. The van der Waals surface area contributed by atoms with Crippen molar-refractivity contribution in [2.45, 2.75) is 47.1 Å². The first-order valence-electron chi connectivity index (χ1n) is 8.00. The molecule has 0 aliphatic heterocycles. The third kappa shape index (κ3) is 4.95. The Morgan fingerprint density at radius 3 is 2.05 bits per heavy atom. The Morgan fingerprint density at radius 2 is 1.62 bits per heavy atom. The van der Waals surface area contributed by atoms with Gasteiger partial charge in [0.05, 0.1) is 0 Å².